The molecule has 0 saturated carbocycles. The van der Waals surface area contributed by atoms with Crippen LogP contribution in [0.1, 0.15) is 31.9 Å². The van der Waals surface area contributed by atoms with Crippen LogP contribution in [0.15, 0.2) is 12.1 Å². The second-order valence-corrected chi connectivity index (χ2v) is 6.79. The van der Waals surface area contributed by atoms with Crippen LogP contribution in [-0.4, -0.2) is 30.4 Å². The van der Waals surface area contributed by atoms with E-state index in [0.717, 1.165) is 34.9 Å². The summed E-state index contributed by atoms with van der Waals surface area (Å²) in [7, 11) is 0. The molecule has 0 radical (unpaired) electrons. The summed E-state index contributed by atoms with van der Waals surface area (Å²) in [4.78, 5) is 0. The fraction of sp³-hybridized carbons (Fsp3) is 0.625. The van der Waals surface area contributed by atoms with Crippen LogP contribution in [0.2, 0.25) is 5.02 Å². The van der Waals surface area contributed by atoms with E-state index in [9.17, 15) is 5.11 Å². The Labute approximate surface area is 126 Å². The van der Waals surface area contributed by atoms with Gasteiger partial charge in [-0.15, -0.1) is 0 Å². The number of halogens is 1. The molecule has 3 nitrogen and oxygen atoms in total. The van der Waals surface area contributed by atoms with Gasteiger partial charge in [-0.25, -0.2) is 0 Å². The highest BCUT2D eigenvalue weighted by molar-refractivity contribution is 6.30. The fourth-order valence-electron chi connectivity index (χ4n) is 2.58. The number of aliphatic hydroxyl groups is 1. The fourth-order valence-corrected chi connectivity index (χ4v) is 2.84. The zero-order valence-electron chi connectivity index (χ0n) is 12.5. The third-order valence-corrected chi connectivity index (χ3v) is 3.67. The topological polar surface area (TPSA) is 41.5 Å². The highest BCUT2D eigenvalue weighted by Gasteiger charge is 2.25. The van der Waals surface area contributed by atoms with E-state index in [2.05, 4.69) is 19.2 Å². The van der Waals surface area contributed by atoms with Gasteiger partial charge in [-0.2, -0.15) is 0 Å². The summed E-state index contributed by atoms with van der Waals surface area (Å²) in [5, 5.41) is 14.6. The monoisotopic (exact) mass is 297 g/mol. The molecule has 1 aromatic carbocycles. The van der Waals surface area contributed by atoms with Gasteiger partial charge in [0.15, 0.2) is 0 Å². The molecule has 1 heterocycles. The molecule has 1 unspecified atom stereocenters. The van der Waals surface area contributed by atoms with Crippen LogP contribution in [0.3, 0.4) is 0 Å². The van der Waals surface area contributed by atoms with Crippen molar-refractivity contribution in [2.45, 2.75) is 39.2 Å². The van der Waals surface area contributed by atoms with Gasteiger partial charge in [-0.3, -0.25) is 0 Å². The van der Waals surface area contributed by atoms with Gasteiger partial charge in [0.05, 0.1) is 12.2 Å². The standard InChI is InChI=1S/C16H24ClNO2/c1-11(2)9-18-10-16(3,19)8-13-7-14(17)6-12-4-5-20-15(12)13/h6-7,11,18-19H,4-5,8-10H2,1-3H3. The number of ether oxygens (including phenoxy) is 1. The molecule has 0 fully saturated rings. The molecule has 0 amide bonds. The number of hydrogen-bond acceptors (Lipinski definition) is 3. The maximum atomic E-state index is 10.5. The van der Waals surface area contributed by atoms with Crippen molar-refractivity contribution in [3.8, 4) is 5.75 Å². The average molecular weight is 298 g/mol. The van der Waals surface area contributed by atoms with Crippen LogP contribution >= 0.6 is 11.6 Å². The van der Waals surface area contributed by atoms with Crippen molar-refractivity contribution in [1.29, 1.82) is 0 Å². The third-order valence-electron chi connectivity index (χ3n) is 3.46. The van der Waals surface area contributed by atoms with E-state index in [4.69, 9.17) is 16.3 Å². The van der Waals surface area contributed by atoms with Crippen LogP contribution in [-0.2, 0) is 12.8 Å². The third kappa shape index (κ3) is 4.11. The zero-order valence-corrected chi connectivity index (χ0v) is 13.3. The lowest BCUT2D eigenvalue weighted by atomic mass is 9.94. The summed E-state index contributed by atoms with van der Waals surface area (Å²) in [5.41, 5.74) is 1.35. The summed E-state index contributed by atoms with van der Waals surface area (Å²) in [6.07, 6.45) is 1.44. The van der Waals surface area contributed by atoms with E-state index in [1.165, 1.54) is 0 Å². The first-order valence-electron chi connectivity index (χ1n) is 7.24. The normalized spacial score (nSPS) is 16.9. The van der Waals surface area contributed by atoms with Crippen molar-refractivity contribution in [2.75, 3.05) is 19.7 Å². The minimum atomic E-state index is -0.806. The van der Waals surface area contributed by atoms with E-state index in [1.807, 2.05) is 19.1 Å². The Bertz CT molecular complexity index is 472. The van der Waals surface area contributed by atoms with Crippen molar-refractivity contribution in [1.82, 2.24) is 5.32 Å². The second-order valence-electron chi connectivity index (χ2n) is 6.35. The molecule has 0 aliphatic carbocycles. The van der Waals surface area contributed by atoms with Gasteiger partial charge in [0.2, 0.25) is 0 Å². The molecule has 1 aliphatic rings. The molecule has 0 saturated heterocycles. The highest BCUT2D eigenvalue weighted by Crippen LogP contribution is 2.34. The van der Waals surface area contributed by atoms with E-state index < -0.39 is 5.60 Å². The smallest absolute Gasteiger partial charge is 0.126 e. The van der Waals surface area contributed by atoms with Gasteiger partial charge < -0.3 is 15.2 Å². The Morgan fingerprint density at radius 3 is 2.90 bits per heavy atom. The molecule has 0 bridgehead atoms. The van der Waals surface area contributed by atoms with Crippen molar-refractivity contribution in [3.63, 3.8) is 0 Å². The van der Waals surface area contributed by atoms with Crippen molar-refractivity contribution in [3.05, 3.63) is 28.3 Å². The predicted molar refractivity (Wildman–Crippen MR) is 82.7 cm³/mol. The van der Waals surface area contributed by atoms with Gasteiger partial charge in [0.1, 0.15) is 5.75 Å². The number of nitrogens with one attached hydrogen (secondary N) is 1. The van der Waals surface area contributed by atoms with Crippen LogP contribution in [0.25, 0.3) is 0 Å². The maximum Gasteiger partial charge on any atom is 0.126 e. The second kappa shape index (κ2) is 6.33. The minimum absolute atomic E-state index is 0.543. The van der Waals surface area contributed by atoms with Crippen LogP contribution in [0, 0.1) is 5.92 Å². The maximum absolute atomic E-state index is 10.5. The molecule has 1 aliphatic heterocycles. The number of fused-ring (bicyclic) bond motifs is 1. The Morgan fingerprint density at radius 2 is 2.20 bits per heavy atom. The van der Waals surface area contributed by atoms with E-state index in [-0.39, 0.29) is 0 Å². The summed E-state index contributed by atoms with van der Waals surface area (Å²) < 4.78 is 5.68. The SMILES string of the molecule is CC(C)CNCC(C)(O)Cc1cc(Cl)cc2c1OCC2. The van der Waals surface area contributed by atoms with Gasteiger partial charge in [-0.05, 0) is 42.6 Å². The van der Waals surface area contributed by atoms with Gasteiger partial charge in [-0.1, -0.05) is 25.4 Å². The number of rotatable bonds is 6. The Kier molecular flexibility index (Phi) is 4.95. The molecular weight excluding hydrogens is 274 g/mol. The number of benzene rings is 1. The molecular formula is C16H24ClNO2. The molecule has 1 aromatic rings. The molecule has 2 N–H and O–H groups in total. The highest BCUT2D eigenvalue weighted by atomic mass is 35.5. The lowest BCUT2D eigenvalue weighted by Gasteiger charge is -2.25. The van der Waals surface area contributed by atoms with E-state index in [1.54, 1.807) is 0 Å². The van der Waals surface area contributed by atoms with E-state index in [0.29, 0.717) is 25.5 Å². The van der Waals surface area contributed by atoms with Crippen LogP contribution in [0.4, 0.5) is 0 Å². The molecule has 0 aromatic heterocycles. The summed E-state index contributed by atoms with van der Waals surface area (Å²) in [5.74, 6) is 1.49. The molecule has 0 spiro atoms. The summed E-state index contributed by atoms with van der Waals surface area (Å²) in [6, 6.07) is 3.86. The lowest BCUT2D eigenvalue weighted by Crippen LogP contribution is -2.41. The molecule has 2 rings (SSSR count). The summed E-state index contributed by atoms with van der Waals surface area (Å²) >= 11 is 6.15. The zero-order chi connectivity index (χ0) is 14.8. The largest absolute Gasteiger partial charge is 0.493 e. The molecule has 4 heteroatoms. The van der Waals surface area contributed by atoms with E-state index >= 15 is 0 Å². The first-order valence-corrected chi connectivity index (χ1v) is 7.62. The Hall–Kier alpha value is -0.770. The first-order chi connectivity index (χ1) is 9.37. The molecule has 20 heavy (non-hydrogen) atoms. The lowest BCUT2D eigenvalue weighted by molar-refractivity contribution is 0.0589. The Balaban J connectivity index is 2.05. The average Bonchev–Trinajstić information content (AvgIpc) is 2.75. The van der Waals surface area contributed by atoms with Crippen LogP contribution < -0.4 is 10.1 Å². The van der Waals surface area contributed by atoms with Gasteiger partial charge in [0, 0.05) is 24.4 Å². The number of hydrogen-bond donors (Lipinski definition) is 2. The van der Waals surface area contributed by atoms with Crippen molar-refractivity contribution >= 4 is 11.6 Å². The van der Waals surface area contributed by atoms with Crippen LogP contribution in [0.5, 0.6) is 5.75 Å². The predicted octanol–water partition coefficient (Wildman–Crippen LogP) is 2.81. The van der Waals surface area contributed by atoms with Gasteiger partial charge >= 0.3 is 0 Å². The summed E-state index contributed by atoms with van der Waals surface area (Å²) in [6.45, 7) is 8.32. The molecule has 1 atom stereocenters. The molecule has 112 valence electrons. The first kappa shape index (κ1) is 15.6. The van der Waals surface area contributed by atoms with Crippen molar-refractivity contribution < 1.29 is 9.84 Å². The minimum Gasteiger partial charge on any atom is -0.493 e. The Morgan fingerprint density at radius 1 is 1.45 bits per heavy atom. The quantitative estimate of drug-likeness (QED) is 0.848. The van der Waals surface area contributed by atoms with Gasteiger partial charge in [0.25, 0.3) is 0 Å². The van der Waals surface area contributed by atoms with Crippen molar-refractivity contribution in [2.24, 2.45) is 5.92 Å².